The zero-order valence-electron chi connectivity index (χ0n) is 17.0. The number of methoxy groups -OCH3 is 2. The van der Waals surface area contributed by atoms with Crippen LogP contribution < -0.4 is 9.47 Å². The highest BCUT2D eigenvalue weighted by molar-refractivity contribution is 5.44. The van der Waals surface area contributed by atoms with Gasteiger partial charge in [0.05, 0.1) is 26.1 Å². The number of hydrogen-bond acceptors (Lipinski definition) is 8. The van der Waals surface area contributed by atoms with Crippen molar-refractivity contribution >= 4 is 0 Å². The SMILES string of the molecule is COc1ccc(OC)c(CN2CCC(c3noc(-c4cnc(C)cn4)n3)CC2)c1. The van der Waals surface area contributed by atoms with Gasteiger partial charge in [-0.3, -0.25) is 9.88 Å². The van der Waals surface area contributed by atoms with Crippen molar-refractivity contribution in [1.82, 2.24) is 25.0 Å². The Kier molecular flexibility index (Phi) is 5.71. The monoisotopic (exact) mass is 395 g/mol. The lowest BCUT2D eigenvalue weighted by molar-refractivity contribution is 0.198. The molecule has 3 aromatic rings. The maximum absolute atomic E-state index is 5.50. The number of hydrogen-bond donors (Lipinski definition) is 0. The van der Waals surface area contributed by atoms with Crippen LogP contribution in [-0.4, -0.2) is 52.3 Å². The molecule has 0 bridgehead atoms. The molecule has 29 heavy (non-hydrogen) atoms. The molecule has 8 nitrogen and oxygen atoms in total. The van der Waals surface area contributed by atoms with Crippen LogP contribution in [0.5, 0.6) is 11.5 Å². The van der Waals surface area contributed by atoms with E-state index < -0.39 is 0 Å². The minimum absolute atomic E-state index is 0.286. The summed E-state index contributed by atoms with van der Waals surface area (Å²) < 4.78 is 16.3. The van der Waals surface area contributed by atoms with Crippen molar-refractivity contribution in [3.63, 3.8) is 0 Å². The van der Waals surface area contributed by atoms with Crippen LogP contribution in [0.15, 0.2) is 35.1 Å². The summed E-state index contributed by atoms with van der Waals surface area (Å²) in [5.74, 6) is 3.19. The third-order valence-electron chi connectivity index (χ3n) is 5.28. The van der Waals surface area contributed by atoms with Crippen molar-refractivity contribution in [3.05, 3.63) is 47.7 Å². The van der Waals surface area contributed by atoms with Gasteiger partial charge in [-0.05, 0) is 51.1 Å². The molecule has 0 atom stereocenters. The van der Waals surface area contributed by atoms with Gasteiger partial charge in [0.2, 0.25) is 0 Å². The molecule has 0 aliphatic carbocycles. The van der Waals surface area contributed by atoms with E-state index in [9.17, 15) is 0 Å². The maximum atomic E-state index is 5.50. The second kappa shape index (κ2) is 8.57. The fourth-order valence-corrected chi connectivity index (χ4v) is 3.60. The fraction of sp³-hybridized carbons (Fsp3) is 0.429. The Labute approximate surface area is 169 Å². The summed E-state index contributed by atoms with van der Waals surface area (Å²) in [5.41, 5.74) is 2.59. The molecule has 1 aromatic carbocycles. The molecule has 1 aliphatic heterocycles. The maximum Gasteiger partial charge on any atom is 0.278 e. The van der Waals surface area contributed by atoms with Gasteiger partial charge >= 0.3 is 0 Å². The van der Waals surface area contributed by atoms with E-state index in [-0.39, 0.29) is 5.92 Å². The summed E-state index contributed by atoms with van der Waals surface area (Å²) in [6.45, 7) is 4.63. The largest absolute Gasteiger partial charge is 0.497 e. The van der Waals surface area contributed by atoms with Crippen molar-refractivity contribution in [2.75, 3.05) is 27.3 Å². The number of likely N-dealkylation sites (tertiary alicyclic amines) is 1. The van der Waals surface area contributed by atoms with E-state index in [1.54, 1.807) is 26.6 Å². The molecule has 0 saturated carbocycles. The lowest BCUT2D eigenvalue weighted by atomic mass is 9.95. The van der Waals surface area contributed by atoms with Crippen LogP contribution in [0.3, 0.4) is 0 Å². The van der Waals surface area contributed by atoms with E-state index in [1.807, 2.05) is 25.1 Å². The Bertz CT molecular complexity index is 949. The second-order valence-electron chi connectivity index (χ2n) is 7.23. The number of nitrogens with zero attached hydrogens (tertiary/aromatic N) is 5. The normalized spacial score (nSPS) is 15.4. The number of benzene rings is 1. The van der Waals surface area contributed by atoms with Gasteiger partial charge in [-0.25, -0.2) is 4.98 Å². The van der Waals surface area contributed by atoms with Crippen LogP contribution in [0.4, 0.5) is 0 Å². The van der Waals surface area contributed by atoms with Gasteiger partial charge in [0.15, 0.2) is 5.82 Å². The number of aryl methyl sites for hydroxylation is 1. The first-order chi connectivity index (χ1) is 14.2. The van der Waals surface area contributed by atoms with Crippen LogP contribution >= 0.6 is 0 Å². The molecule has 0 amide bonds. The predicted octanol–water partition coefficient (Wildman–Crippen LogP) is 3.23. The van der Waals surface area contributed by atoms with Crippen molar-refractivity contribution in [2.45, 2.75) is 32.2 Å². The minimum atomic E-state index is 0.286. The Balaban J connectivity index is 1.38. The van der Waals surface area contributed by atoms with Gasteiger partial charge < -0.3 is 14.0 Å². The Hall–Kier alpha value is -3.00. The van der Waals surface area contributed by atoms with E-state index in [1.165, 1.54) is 0 Å². The molecular weight excluding hydrogens is 370 g/mol. The smallest absolute Gasteiger partial charge is 0.278 e. The summed E-state index contributed by atoms with van der Waals surface area (Å²) in [5, 5.41) is 4.19. The molecule has 1 saturated heterocycles. The van der Waals surface area contributed by atoms with Crippen molar-refractivity contribution in [1.29, 1.82) is 0 Å². The average Bonchev–Trinajstić information content (AvgIpc) is 3.25. The standard InChI is InChI=1S/C21H25N5O3/c1-14-11-23-18(12-22-14)21-24-20(25-29-21)15-6-8-26(9-7-15)13-16-10-17(27-2)4-5-19(16)28-3/h4-5,10-12,15H,6-9,13H2,1-3H3. The van der Waals surface area contributed by atoms with Crippen molar-refractivity contribution in [3.8, 4) is 23.1 Å². The molecule has 1 aliphatic rings. The van der Waals surface area contributed by atoms with Gasteiger partial charge in [-0.15, -0.1) is 0 Å². The molecule has 2 aromatic heterocycles. The summed E-state index contributed by atoms with van der Waals surface area (Å²) in [6.07, 6.45) is 5.32. The Morgan fingerprint density at radius 3 is 2.62 bits per heavy atom. The minimum Gasteiger partial charge on any atom is -0.497 e. The molecule has 0 N–H and O–H groups in total. The summed E-state index contributed by atoms with van der Waals surface area (Å²) >= 11 is 0. The number of ether oxygens (including phenoxy) is 2. The molecule has 152 valence electrons. The highest BCUT2D eigenvalue weighted by atomic mass is 16.5. The second-order valence-corrected chi connectivity index (χ2v) is 7.23. The average molecular weight is 395 g/mol. The summed E-state index contributed by atoms with van der Waals surface area (Å²) in [6, 6.07) is 5.91. The highest BCUT2D eigenvalue weighted by Gasteiger charge is 2.25. The quantitative estimate of drug-likeness (QED) is 0.629. The predicted molar refractivity (Wildman–Crippen MR) is 107 cm³/mol. The van der Waals surface area contributed by atoms with Crippen LogP contribution in [0.25, 0.3) is 11.6 Å². The third kappa shape index (κ3) is 4.37. The van der Waals surface area contributed by atoms with Crippen LogP contribution in [0.1, 0.15) is 35.8 Å². The number of aromatic nitrogens is 4. The third-order valence-corrected chi connectivity index (χ3v) is 5.28. The van der Waals surface area contributed by atoms with Gasteiger partial charge in [-0.1, -0.05) is 5.16 Å². The molecule has 0 unspecified atom stereocenters. The van der Waals surface area contributed by atoms with E-state index in [0.29, 0.717) is 11.6 Å². The van der Waals surface area contributed by atoms with E-state index in [2.05, 4.69) is 25.0 Å². The molecule has 0 spiro atoms. The van der Waals surface area contributed by atoms with Gasteiger partial charge in [0.25, 0.3) is 5.89 Å². The topological polar surface area (TPSA) is 86.4 Å². The van der Waals surface area contributed by atoms with E-state index in [0.717, 1.165) is 61.1 Å². The van der Waals surface area contributed by atoms with Gasteiger partial charge in [0.1, 0.15) is 17.2 Å². The van der Waals surface area contributed by atoms with Crippen molar-refractivity contribution < 1.29 is 14.0 Å². The fourth-order valence-electron chi connectivity index (χ4n) is 3.60. The van der Waals surface area contributed by atoms with Crippen LogP contribution in [0.2, 0.25) is 0 Å². The molecule has 3 heterocycles. The number of piperidine rings is 1. The number of rotatable bonds is 6. The molecule has 8 heteroatoms. The Morgan fingerprint density at radius 2 is 1.93 bits per heavy atom. The highest BCUT2D eigenvalue weighted by Crippen LogP contribution is 2.30. The first-order valence-corrected chi connectivity index (χ1v) is 9.72. The van der Waals surface area contributed by atoms with Crippen LogP contribution in [-0.2, 0) is 6.54 Å². The first kappa shape index (κ1) is 19.3. The van der Waals surface area contributed by atoms with E-state index in [4.69, 9.17) is 14.0 Å². The molecule has 4 rings (SSSR count). The van der Waals surface area contributed by atoms with E-state index >= 15 is 0 Å². The lowest BCUT2D eigenvalue weighted by Gasteiger charge is -2.31. The summed E-state index contributed by atoms with van der Waals surface area (Å²) in [7, 11) is 3.38. The Morgan fingerprint density at radius 1 is 1.10 bits per heavy atom. The zero-order valence-corrected chi connectivity index (χ0v) is 17.0. The van der Waals surface area contributed by atoms with Crippen molar-refractivity contribution in [2.24, 2.45) is 0 Å². The lowest BCUT2D eigenvalue weighted by Crippen LogP contribution is -2.32. The molecular formula is C21H25N5O3. The first-order valence-electron chi connectivity index (χ1n) is 9.72. The van der Waals surface area contributed by atoms with Gasteiger partial charge in [-0.2, -0.15) is 4.98 Å². The van der Waals surface area contributed by atoms with Gasteiger partial charge in [0, 0.05) is 24.2 Å². The van der Waals surface area contributed by atoms with Crippen LogP contribution in [0, 0.1) is 6.92 Å². The molecule has 1 fully saturated rings. The molecule has 0 radical (unpaired) electrons. The summed E-state index contributed by atoms with van der Waals surface area (Å²) in [4.78, 5) is 15.5. The zero-order chi connectivity index (χ0) is 20.2.